The summed E-state index contributed by atoms with van der Waals surface area (Å²) in [5, 5.41) is 9.83. The first-order chi connectivity index (χ1) is 9.67. The van der Waals surface area contributed by atoms with Crippen LogP contribution in [0.25, 0.3) is 10.9 Å². The molecule has 1 heterocycles. The lowest BCUT2D eigenvalue weighted by Gasteiger charge is -2.21. The van der Waals surface area contributed by atoms with E-state index in [1.807, 2.05) is 18.2 Å². The van der Waals surface area contributed by atoms with Crippen LogP contribution < -0.4 is 4.90 Å². The second-order valence-corrected chi connectivity index (χ2v) is 4.42. The zero-order valence-corrected chi connectivity index (χ0v) is 11.7. The van der Waals surface area contributed by atoms with Crippen LogP contribution >= 0.6 is 0 Å². The van der Waals surface area contributed by atoms with Crippen molar-refractivity contribution >= 4 is 22.7 Å². The van der Waals surface area contributed by atoms with Gasteiger partial charge in [0.2, 0.25) is 0 Å². The molecule has 1 aromatic carbocycles. The maximum absolute atomic E-state index is 11.2. The van der Waals surface area contributed by atoms with Gasteiger partial charge in [-0.15, -0.1) is 0 Å². The summed E-state index contributed by atoms with van der Waals surface area (Å²) >= 11 is 0. The van der Waals surface area contributed by atoms with Gasteiger partial charge in [0.1, 0.15) is 5.82 Å². The van der Waals surface area contributed by atoms with E-state index in [1.165, 1.54) is 0 Å². The van der Waals surface area contributed by atoms with Crippen LogP contribution in [-0.2, 0) is 4.74 Å². The number of fused-ring (bicyclic) bond motifs is 1. The summed E-state index contributed by atoms with van der Waals surface area (Å²) in [6.45, 7) is 4.25. The average Bonchev–Trinajstić information content (AvgIpc) is 2.47. The predicted octanol–water partition coefficient (Wildman–Crippen LogP) is 2.41. The normalized spacial score (nSPS) is 10.7. The number of hydrogen-bond acceptors (Lipinski definition) is 4. The van der Waals surface area contributed by atoms with Crippen molar-refractivity contribution in [3.63, 3.8) is 0 Å². The van der Waals surface area contributed by atoms with Gasteiger partial charge in [0.25, 0.3) is 0 Å². The zero-order valence-electron chi connectivity index (χ0n) is 11.7. The maximum atomic E-state index is 11.2. The number of aromatic nitrogens is 1. The van der Waals surface area contributed by atoms with Crippen molar-refractivity contribution in [1.29, 1.82) is 0 Å². The number of ether oxygens (including phenoxy) is 1. The summed E-state index contributed by atoms with van der Waals surface area (Å²) in [6, 6.07) is 8.81. The quantitative estimate of drug-likeness (QED) is 0.876. The Balaban J connectivity index is 2.41. The van der Waals surface area contributed by atoms with Gasteiger partial charge in [-0.25, -0.2) is 9.78 Å². The zero-order chi connectivity index (χ0) is 14.5. The van der Waals surface area contributed by atoms with E-state index in [-0.39, 0.29) is 5.56 Å². The van der Waals surface area contributed by atoms with Gasteiger partial charge in [-0.2, -0.15) is 0 Å². The molecule has 0 spiro atoms. The van der Waals surface area contributed by atoms with Crippen molar-refractivity contribution < 1.29 is 14.6 Å². The highest BCUT2D eigenvalue weighted by atomic mass is 16.5. The molecule has 0 aliphatic carbocycles. The van der Waals surface area contributed by atoms with E-state index in [0.717, 1.165) is 18.9 Å². The van der Waals surface area contributed by atoms with Crippen molar-refractivity contribution in [2.45, 2.75) is 6.92 Å². The van der Waals surface area contributed by atoms with E-state index in [1.54, 1.807) is 19.2 Å². The number of carboxylic acids is 1. The molecule has 0 unspecified atom stereocenters. The molecule has 0 saturated heterocycles. The molecule has 1 N–H and O–H groups in total. The Labute approximate surface area is 117 Å². The van der Waals surface area contributed by atoms with Gasteiger partial charge in [-0.05, 0) is 31.2 Å². The fourth-order valence-corrected chi connectivity index (χ4v) is 2.14. The molecular weight excluding hydrogens is 256 g/mol. The topological polar surface area (TPSA) is 62.7 Å². The molecular formula is C15H18N2O3. The lowest BCUT2D eigenvalue weighted by molar-refractivity contribution is 0.0699. The highest BCUT2D eigenvalue weighted by Crippen LogP contribution is 2.21. The lowest BCUT2D eigenvalue weighted by atomic mass is 10.1. The Morgan fingerprint density at radius 2 is 2.15 bits per heavy atom. The number of hydrogen-bond donors (Lipinski definition) is 1. The van der Waals surface area contributed by atoms with Gasteiger partial charge >= 0.3 is 5.97 Å². The molecule has 0 radical (unpaired) electrons. The number of carbonyl (C=O) groups is 1. The SMILES string of the molecule is CCN(CCOC)c1ccc2c(C(=O)O)cccc2n1. The molecule has 0 atom stereocenters. The number of aromatic carboxylic acids is 1. The Morgan fingerprint density at radius 1 is 1.35 bits per heavy atom. The summed E-state index contributed by atoms with van der Waals surface area (Å²) in [5.74, 6) is -0.100. The van der Waals surface area contributed by atoms with Crippen LogP contribution in [0.2, 0.25) is 0 Å². The molecule has 5 nitrogen and oxygen atoms in total. The minimum atomic E-state index is -0.933. The van der Waals surface area contributed by atoms with Crippen LogP contribution in [0.5, 0.6) is 0 Å². The number of nitrogens with zero attached hydrogens (tertiary/aromatic N) is 2. The average molecular weight is 274 g/mol. The maximum Gasteiger partial charge on any atom is 0.336 e. The Hall–Kier alpha value is -2.14. The molecule has 0 saturated carbocycles. The lowest BCUT2D eigenvalue weighted by Crippen LogP contribution is -2.27. The smallest absolute Gasteiger partial charge is 0.336 e. The van der Waals surface area contributed by atoms with Crippen LogP contribution in [0.15, 0.2) is 30.3 Å². The minimum absolute atomic E-state index is 0.279. The number of benzene rings is 1. The van der Waals surface area contributed by atoms with E-state index < -0.39 is 5.97 Å². The number of carboxylic acid groups (broad SMARTS) is 1. The molecule has 2 aromatic rings. The van der Waals surface area contributed by atoms with E-state index in [4.69, 9.17) is 9.84 Å². The predicted molar refractivity (Wildman–Crippen MR) is 78.5 cm³/mol. The number of pyridine rings is 1. The molecule has 0 amide bonds. The molecule has 106 valence electrons. The number of methoxy groups -OCH3 is 1. The van der Waals surface area contributed by atoms with Gasteiger partial charge in [-0.1, -0.05) is 6.07 Å². The third kappa shape index (κ3) is 2.88. The monoisotopic (exact) mass is 274 g/mol. The first-order valence-electron chi connectivity index (χ1n) is 6.54. The molecule has 1 aromatic heterocycles. The van der Waals surface area contributed by atoms with Crippen molar-refractivity contribution in [3.8, 4) is 0 Å². The van der Waals surface area contributed by atoms with Crippen molar-refractivity contribution in [1.82, 2.24) is 4.98 Å². The van der Waals surface area contributed by atoms with Crippen LogP contribution in [0.3, 0.4) is 0 Å². The summed E-state index contributed by atoms with van der Waals surface area (Å²) in [6.07, 6.45) is 0. The summed E-state index contributed by atoms with van der Waals surface area (Å²) in [4.78, 5) is 17.8. The summed E-state index contributed by atoms with van der Waals surface area (Å²) in [5.41, 5.74) is 0.972. The molecule has 0 bridgehead atoms. The molecule has 5 heteroatoms. The van der Waals surface area contributed by atoms with E-state index in [0.29, 0.717) is 17.5 Å². The fraction of sp³-hybridized carbons (Fsp3) is 0.333. The first kappa shape index (κ1) is 14.3. The molecule has 2 rings (SSSR count). The number of anilines is 1. The van der Waals surface area contributed by atoms with Crippen molar-refractivity contribution in [3.05, 3.63) is 35.9 Å². The van der Waals surface area contributed by atoms with Crippen LogP contribution in [-0.4, -0.2) is 42.9 Å². The standard InChI is InChI=1S/C15H18N2O3/c1-3-17(9-10-20-2)14-8-7-11-12(15(18)19)5-4-6-13(11)16-14/h4-8H,3,9-10H2,1-2H3,(H,18,19). The highest BCUT2D eigenvalue weighted by Gasteiger charge is 2.11. The Kier molecular flexibility index (Phi) is 4.53. The summed E-state index contributed by atoms with van der Waals surface area (Å²) < 4.78 is 5.09. The van der Waals surface area contributed by atoms with E-state index in [2.05, 4.69) is 16.8 Å². The number of rotatable bonds is 6. The Morgan fingerprint density at radius 3 is 2.80 bits per heavy atom. The largest absolute Gasteiger partial charge is 0.478 e. The second-order valence-electron chi connectivity index (χ2n) is 4.42. The van der Waals surface area contributed by atoms with E-state index >= 15 is 0 Å². The fourth-order valence-electron chi connectivity index (χ4n) is 2.14. The third-order valence-electron chi connectivity index (χ3n) is 3.22. The van der Waals surface area contributed by atoms with Crippen LogP contribution in [0, 0.1) is 0 Å². The van der Waals surface area contributed by atoms with Gasteiger partial charge in [0.05, 0.1) is 17.7 Å². The summed E-state index contributed by atoms with van der Waals surface area (Å²) in [7, 11) is 1.67. The molecule has 20 heavy (non-hydrogen) atoms. The minimum Gasteiger partial charge on any atom is -0.478 e. The van der Waals surface area contributed by atoms with Gasteiger partial charge in [-0.3, -0.25) is 0 Å². The number of likely N-dealkylation sites (N-methyl/N-ethyl adjacent to an activating group) is 1. The van der Waals surface area contributed by atoms with Crippen molar-refractivity contribution in [2.24, 2.45) is 0 Å². The molecule has 0 aliphatic rings. The first-order valence-corrected chi connectivity index (χ1v) is 6.54. The Bertz CT molecular complexity index is 613. The second kappa shape index (κ2) is 6.34. The van der Waals surface area contributed by atoms with Gasteiger partial charge in [0.15, 0.2) is 0 Å². The van der Waals surface area contributed by atoms with E-state index in [9.17, 15) is 4.79 Å². The van der Waals surface area contributed by atoms with Crippen LogP contribution in [0.1, 0.15) is 17.3 Å². The van der Waals surface area contributed by atoms with Crippen LogP contribution in [0.4, 0.5) is 5.82 Å². The molecule has 0 aliphatic heterocycles. The van der Waals surface area contributed by atoms with Gasteiger partial charge < -0.3 is 14.7 Å². The molecule has 0 fully saturated rings. The third-order valence-corrected chi connectivity index (χ3v) is 3.22. The van der Waals surface area contributed by atoms with Crippen molar-refractivity contribution in [2.75, 3.05) is 31.7 Å². The van der Waals surface area contributed by atoms with Gasteiger partial charge in [0, 0.05) is 25.6 Å². The highest BCUT2D eigenvalue weighted by molar-refractivity contribution is 6.02.